The van der Waals surface area contributed by atoms with Gasteiger partial charge in [0, 0.05) is 19.0 Å². The fourth-order valence-electron chi connectivity index (χ4n) is 3.54. The molecular formula is C22H28N2O6S. The number of hydrogen-bond donors (Lipinski definition) is 1. The number of rotatable bonds is 7. The van der Waals surface area contributed by atoms with E-state index in [9.17, 15) is 13.2 Å². The molecule has 2 aromatic rings. The summed E-state index contributed by atoms with van der Waals surface area (Å²) >= 11 is 0. The Bertz CT molecular complexity index is 1050. The predicted molar refractivity (Wildman–Crippen MR) is 116 cm³/mol. The molecule has 1 unspecified atom stereocenters. The maximum atomic E-state index is 12.8. The monoisotopic (exact) mass is 448 g/mol. The SMILES string of the molecule is COc1ccc(S(=O)(=O)N(C)CC(=O)NC2CC(C)(C)Oc3ccc(OC)cc32)cc1. The Labute approximate surface area is 183 Å². The maximum absolute atomic E-state index is 12.8. The van der Waals surface area contributed by atoms with Gasteiger partial charge in [0.2, 0.25) is 15.9 Å². The number of benzene rings is 2. The topological polar surface area (TPSA) is 94.2 Å². The number of hydrogen-bond acceptors (Lipinski definition) is 6. The van der Waals surface area contributed by atoms with E-state index in [1.807, 2.05) is 26.0 Å². The largest absolute Gasteiger partial charge is 0.497 e. The molecule has 9 heteroatoms. The van der Waals surface area contributed by atoms with Gasteiger partial charge in [-0.3, -0.25) is 4.79 Å². The molecule has 1 N–H and O–H groups in total. The summed E-state index contributed by atoms with van der Waals surface area (Å²) in [6, 6.07) is 11.1. The van der Waals surface area contributed by atoms with Crippen LogP contribution in [-0.4, -0.2) is 52.0 Å². The maximum Gasteiger partial charge on any atom is 0.243 e. The number of likely N-dealkylation sites (N-methyl/N-ethyl adjacent to an activating group) is 1. The molecule has 0 bridgehead atoms. The van der Waals surface area contributed by atoms with Crippen molar-refractivity contribution in [2.24, 2.45) is 0 Å². The number of ether oxygens (including phenoxy) is 3. The van der Waals surface area contributed by atoms with Crippen molar-refractivity contribution in [1.29, 1.82) is 0 Å². The second kappa shape index (κ2) is 8.76. The first kappa shape index (κ1) is 22.9. The third-order valence-electron chi connectivity index (χ3n) is 5.14. The second-order valence-corrected chi connectivity index (χ2v) is 10.1. The van der Waals surface area contributed by atoms with Gasteiger partial charge in [-0.05, 0) is 56.3 Å². The summed E-state index contributed by atoms with van der Waals surface area (Å²) in [4.78, 5) is 12.9. The van der Waals surface area contributed by atoms with Gasteiger partial charge in [0.05, 0.1) is 31.7 Å². The minimum absolute atomic E-state index is 0.0888. The molecule has 1 atom stereocenters. The summed E-state index contributed by atoms with van der Waals surface area (Å²) in [6.45, 7) is 3.57. The Morgan fingerprint density at radius 3 is 2.35 bits per heavy atom. The minimum Gasteiger partial charge on any atom is -0.497 e. The summed E-state index contributed by atoms with van der Waals surface area (Å²) in [5.74, 6) is 1.47. The Kier molecular flexibility index (Phi) is 6.47. The van der Waals surface area contributed by atoms with Gasteiger partial charge in [0.15, 0.2) is 0 Å². The minimum atomic E-state index is -3.82. The van der Waals surface area contributed by atoms with Crippen LogP contribution in [0, 0.1) is 0 Å². The first-order valence-electron chi connectivity index (χ1n) is 9.82. The van der Waals surface area contributed by atoms with Gasteiger partial charge >= 0.3 is 0 Å². The fourth-order valence-corrected chi connectivity index (χ4v) is 4.67. The van der Waals surface area contributed by atoms with Crippen LogP contribution in [0.1, 0.15) is 31.9 Å². The molecule has 2 aromatic carbocycles. The summed E-state index contributed by atoms with van der Waals surface area (Å²) < 4.78 is 43.0. The summed E-state index contributed by atoms with van der Waals surface area (Å²) in [6.07, 6.45) is 0.536. The number of fused-ring (bicyclic) bond motifs is 1. The molecule has 31 heavy (non-hydrogen) atoms. The molecule has 8 nitrogen and oxygen atoms in total. The van der Waals surface area contributed by atoms with Crippen molar-refractivity contribution in [3.8, 4) is 17.2 Å². The normalized spacial score (nSPS) is 17.4. The number of methoxy groups -OCH3 is 2. The van der Waals surface area contributed by atoms with Crippen LogP contribution in [0.5, 0.6) is 17.2 Å². The average Bonchev–Trinajstić information content (AvgIpc) is 2.72. The molecule has 0 fully saturated rings. The van der Waals surface area contributed by atoms with Crippen LogP contribution in [0.3, 0.4) is 0 Å². The number of carbonyl (C=O) groups excluding carboxylic acids is 1. The number of carbonyl (C=O) groups is 1. The van der Waals surface area contributed by atoms with Crippen molar-refractivity contribution in [1.82, 2.24) is 9.62 Å². The van der Waals surface area contributed by atoms with Crippen molar-refractivity contribution in [2.45, 2.75) is 36.8 Å². The van der Waals surface area contributed by atoms with Gasteiger partial charge in [0.25, 0.3) is 0 Å². The van der Waals surface area contributed by atoms with Crippen LogP contribution in [0.15, 0.2) is 47.4 Å². The molecule has 1 heterocycles. The summed E-state index contributed by atoms with van der Waals surface area (Å²) in [5.41, 5.74) is 0.313. The highest BCUT2D eigenvalue weighted by Gasteiger charge is 2.35. The van der Waals surface area contributed by atoms with Crippen molar-refractivity contribution in [3.63, 3.8) is 0 Å². The third-order valence-corrected chi connectivity index (χ3v) is 6.96. The zero-order valence-electron chi connectivity index (χ0n) is 18.3. The predicted octanol–water partition coefficient (Wildman–Crippen LogP) is 2.74. The van der Waals surface area contributed by atoms with Crippen LogP contribution < -0.4 is 19.5 Å². The number of nitrogens with one attached hydrogen (secondary N) is 1. The Morgan fingerprint density at radius 2 is 1.74 bits per heavy atom. The van der Waals surface area contributed by atoms with Crippen molar-refractivity contribution < 1.29 is 27.4 Å². The molecule has 0 saturated carbocycles. The van der Waals surface area contributed by atoms with Gasteiger partial charge in [-0.15, -0.1) is 0 Å². The van der Waals surface area contributed by atoms with Crippen molar-refractivity contribution in [3.05, 3.63) is 48.0 Å². The lowest BCUT2D eigenvalue weighted by Crippen LogP contribution is -2.44. The third kappa shape index (κ3) is 5.11. The highest BCUT2D eigenvalue weighted by atomic mass is 32.2. The zero-order valence-corrected chi connectivity index (χ0v) is 19.2. The molecule has 168 valence electrons. The smallest absolute Gasteiger partial charge is 0.243 e. The van der Waals surface area contributed by atoms with Crippen LogP contribution >= 0.6 is 0 Å². The van der Waals surface area contributed by atoms with E-state index in [-0.39, 0.29) is 17.5 Å². The molecule has 1 aliphatic heterocycles. The second-order valence-electron chi connectivity index (χ2n) is 8.03. The van der Waals surface area contributed by atoms with Gasteiger partial charge in [-0.2, -0.15) is 4.31 Å². The van der Waals surface area contributed by atoms with E-state index in [0.717, 1.165) is 9.87 Å². The Balaban J connectivity index is 1.75. The highest BCUT2D eigenvalue weighted by molar-refractivity contribution is 7.89. The molecule has 1 aliphatic rings. The van der Waals surface area contributed by atoms with Crippen LogP contribution in [0.25, 0.3) is 0 Å². The van der Waals surface area contributed by atoms with Crippen molar-refractivity contribution in [2.75, 3.05) is 27.8 Å². The molecule has 0 saturated heterocycles. The zero-order chi connectivity index (χ0) is 22.8. The van der Waals surface area contributed by atoms with Gasteiger partial charge in [-0.25, -0.2) is 8.42 Å². The van der Waals surface area contributed by atoms with Gasteiger partial charge < -0.3 is 19.5 Å². The first-order chi connectivity index (χ1) is 14.6. The van der Waals surface area contributed by atoms with Crippen LogP contribution in [0.2, 0.25) is 0 Å². The van der Waals surface area contributed by atoms with Gasteiger partial charge in [0.1, 0.15) is 22.8 Å². The van der Waals surface area contributed by atoms with E-state index in [1.165, 1.54) is 26.3 Å². The Morgan fingerprint density at radius 1 is 1.13 bits per heavy atom. The molecule has 3 rings (SSSR count). The standard InChI is InChI=1S/C22H28N2O6S/c1-22(2)13-19(18-12-16(29-5)8-11-20(18)30-22)23-21(25)14-24(3)31(26,27)17-9-6-15(28-4)7-10-17/h6-12,19H,13-14H2,1-5H3,(H,23,25). The number of amides is 1. The highest BCUT2D eigenvalue weighted by Crippen LogP contribution is 2.41. The molecule has 0 radical (unpaired) electrons. The average molecular weight is 449 g/mol. The van der Waals surface area contributed by atoms with Crippen LogP contribution in [0.4, 0.5) is 0 Å². The quantitative estimate of drug-likeness (QED) is 0.700. The summed E-state index contributed by atoms with van der Waals surface area (Å²) in [7, 11) is 0.634. The lowest BCUT2D eigenvalue weighted by molar-refractivity contribution is -0.122. The Hall–Kier alpha value is -2.78. The van der Waals surface area contributed by atoms with E-state index >= 15 is 0 Å². The van der Waals surface area contributed by atoms with Gasteiger partial charge in [-0.1, -0.05) is 0 Å². The molecule has 0 aromatic heterocycles. The molecule has 0 aliphatic carbocycles. The lowest BCUT2D eigenvalue weighted by Gasteiger charge is -2.38. The first-order valence-corrected chi connectivity index (χ1v) is 11.3. The van der Waals surface area contributed by atoms with E-state index < -0.39 is 21.5 Å². The lowest BCUT2D eigenvalue weighted by atomic mass is 9.89. The number of nitrogens with zero attached hydrogens (tertiary/aromatic N) is 1. The van der Waals surface area contributed by atoms with E-state index in [1.54, 1.807) is 25.3 Å². The van der Waals surface area contributed by atoms with Crippen molar-refractivity contribution >= 4 is 15.9 Å². The summed E-state index contributed by atoms with van der Waals surface area (Å²) in [5, 5.41) is 2.95. The molecular weight excluding hydrogens is 420 g/mol. The van der Waals surface area contributed by atoms with Crippen LogP contribution in [-0.2, 0) is 14.8 Å². The number of sulfonamides is 1. The fraction of sp³-hybridized carbons (Fsp3) is 0.409. The van der Waals surface area contributed by atoms with E-state index in [2.05, 4.69) is 5.32 Å². The molecule has 0 spiro atoms. The van der Waals surface area contributed by atoms with E-state index in [0.29, 0.717) is 23.7 Å². The van der Waals surface area contributed by atoms with E-state index in [4.69, 9.17) is 14.2 Å². The molecule has 1 amide bonds.